The molecule has 15 heavy (non-hydrogen) atoms. The highest BCUT2D eigenvalue weighted by Crippen LogP contribution is 2.29. The second kappa shape index (κ2) is 4.37. The minimum absolute atomic E-state index is 0.0148. The number of benzene rings is 1. The van der Waals surface area contributed by atoms with Crippen LogP contribution in [0.5, 0.6) is 0 Å². The third-order valence-electron chi connectivity index (χ3n) is 2.38. The monoisotopic (exact) mass is 211 g/mol. The van der Waals surface area contributed by atoms with Crippen molar-refractivity contribution >= 4 is 0 Å². The van der Waals surface area contributed by atoms with E-state index >= 15 is 0 Å². The van der Waals surface area contributed by atoms with Gasteiger partial charge in [0, 0.05) is 12.2 Å². The molecule has 0 saturated heterocycles. The molecule has 0 radical (unpaired) electrons. The van der Waals surface area contributed by atoms with Crippen LogP contribution in [0, 0.1) is 23.0 Å². The Morgan fingerprint density at radius 2 is 2.13 bits per heavy atom. The van der Waals surface area contributed by atoms with Crippen molar-refractivity contribution < 1.29 is 13.9 Å². The van der Waals surface area contributed by atoms with E-state index in [1.165, 1.54) is 6.92 Å². The molecule has 4 heteroatoms. The van der Waals surface area contributed by atoms with Crippen LogP contribution in [-0.4, -0.2) is 11.7 Å². The van der Waals surface area contributed by atoms with Gasteiger partial charge < -0.3 is 5.11 Å². The van der Waals surface area contributed by atoms with E-state index in [1.54, 1.807) is 0 Å². The number of rotatable bonds is 3. The standard InChI is InChI=1S/C11H11F2NO/c1-11(7-14,4-5-15)9-6-8(12)2-3-10(9)13/h2-3,6,15H,4-5H2,1H3. The van der Waals surface area contributed by atoms with E-state index in [2.05, 4.69) is 0 Å². The van der Waals surface area contributed by atoms with Crippen molar-refractivity contribution in [2.24, 2.45) is 0 Å². The zero-order valence-corrected chi connectivity index (χ0v) is 8.30. The number of aliphatic hydroxyl groups excluding tert-OH is 1. The van der Waals surface area contributed by atoms with Gasteiger partial charge in [-0.2, -0.15) is 5.26 Å². The largest absolute Gasteiger partial charge is 0.396 e. The van der Waals surface area contributed by atoms with Gasteiger partial charge in [0.1, 0.15) is 11.6 Å². The molecule has 0 aliphatic rings. The number of hydrogen-bond donors (Lipinski definition) is 1. The zero-order chi connectivity index (χ0) is 11.5. The highest BCUT2D eigenvalue weighted by atomic mass is 19.1. The lowest BCUT2D eigenvalue weighted by atomic mass is 9.81. The van der Waals surface area contributed by atoms with Crippen LogP contribution in [0.15, 0.2) is 18.2 Å². The van der Waals surface area contributed by atoms with Gasteiger partial charge in [0.05, 0.1) is 11.5 Å². The Labute approximate surface area is 86.8 Å². The quantitative estimate of drug-likeness (QED) is 0.832. The van der Waals surface area contributed by atoms with Crippen molar-refractivity contribution in [1.82, 2.24) is 0 Å². The normalized spacial score (nSPS) is 14.3. The van der Waals surface area contributed by atoms with Crippen LogP contribution in [0.3, 0.4) is 0 Å². The number of nitrogens with zero attached hydrogens (tertiary/aromatic N) is 1. The molecule has 0 aliphatic carbocycles. The summed E-state index contributed by atoms with van der Waals surface area (Å²) in [5.41, 5.74) is -1.21. The maximum atomic E-state index is 13.4. The average molecular weight is 211 g/mol. The summed E-state index contributed by atoms with van der Waals surface area (Å²) in [6.45, 7) is 1.22. The third kappa shape index (κ3) is 2.31. The van der Waals surface area contributed by atoms with E-state index < -0.39 is 17.0 Å². The highest BCUT2D eigenvalue weighted by Gasteiger charge is 2.29. The van der Waals surface area contributed by atoms with Crippen molar-refractivity contribution in [2.45, 2.75) is 18.8 Å². The van der Waals surface area contributed by atoms with Crippen LogP contribution in [0.25, 0.3) is 0 Å². The predicted octanol–water partition coefficient (Wildman–Crippen LogP) is 2.13. The van der Waals surface area contributed by atoms with Crippen molar-refractivity contribution in [3.63, 3.8) is 0 Å². The van der Waals surface area contributed by atoms with Crippen LogP contribution < -0.4 is 0 Å². The molecule has 0 bridgehead atoms. The molecule has 1 aromatic rings. The second-order valence-electron chi connectivity index (χ2n) is 3.54. The van der Waals surface area contributed by atoms with Gasteiger partial charge in [-0.25, -0.2) is 8.78 Å². The molecule has 0 saturated carbocycles. The lowest BCUT2D eigenvalue weighted by molar-refractivity contribution is 0.262. The Kier molecular flexibility index (Phi) is 3.38. The summed E-state index contributed by atoms with van der Waals surface area (Å²) in [4.78, 5) is 0. The number of aliphatic hydroxyl groups is 1. The second-order valence-corrected chi connectivity index (χ2v) is 3.54. The number of hydrogen-bond acceptors (Lipinski definition) is 2. The van der Waals surface area contributed by atoms with Crippen molar-refractivity contribution in [2.75, 3.05) is 6.61 Å². The van der Waals surface area contributed by atoms with E-state index in [1.807, 2.05) is 6.07 Å². The molecular weight excluding hydrogens is 200 g/mol. The van der Waals surface area contributed by atoms with Crippen molar-refractivity contribution in [3.05, 3.63) is 35.4 Å². The molecule has 1 N–H and O–H groups in total. The van der Waals surface area contributed by atoms with Gasteiger partial charge in [-0.05, 0) is 31.5 Å². The van der Waals surface area contributed by atoms with Gasteiger partial charge >= 0.3 is 0 Å². The number of nitriles is 1. The third-order valence-corrected chi connectivity index (χ3v) is 2.38. The van der Waals surface area contributed by atoms with Gasteiger partial charge in [0.25, 0.3) is 0 Å². The molecule has 80 valence electrons. The Balaban J connectivity index is 3.24. The fraction of sp³-hybridized carbons (Fsp3) is 0.364. The van der Waals surface area contributed by atoms with Gasteiger partial charge in [0.15, 0.2) is 0 Å². The molecule has 0 amide bonds. The summed E-state index contributed by atoms with van der Waals surface area (Å²) < 4.78 is 26.3. The summed E-state index contributed by atoms with van der Waals surface area (Å²) in [7, 11) is 0. The van der Waals surface area contributed by atoms with Gasteiger partial charge in [-0.15, -0.1) is 0 Å². The van der Waals surface area contributed by atoms with E-state index in [-0.39, 0.29) is 18.6 Å². The molecule has 0 aromatic heterocycles. The Morgan fingerprint density at radius 3 is 2.67 bits per heavy atom. The van der Waals surface area contributed by atoms with Gasteiger partial charge in [0.2, 0.25) is 0 Å². The van der Waals surface area contributed by atoms with E-state index in [0.717, 1.165) is 18.2 Å². The van der Waals surface area contributed by atoms with E-state index in [4.69, 9.17) is 10.4 Å². The lowest BCUT2D eigenvalue weighted by Gasteiger charge is -2.21. The first-order valence-corrected chi connectivity index (χ1v) is 4.51. The molecule has 0 aliphatic heterocycles. The SMILES string of the molecule is CC(C#N)(CCO)c1cc(F)ccc1F. The first kappa shape index (κ1) is 11.6. The van der Waals surface area contributed by atoms with Crippen LogP contribution in [0.2, 0.25) is 0 Å². The lowest BCUT2D eigenvalue weighted by Crippen LogP contribution is -2.23. The maximum Gasteiger partial charge on any atom is 0.128 e. The molecule has 1 unspecified atom stereocenters. The molecule has 1 rings (SSSR count). The molecule has 0 fully saturated rings. The fourth-order valence-electron chi connectivity index (χ4n) is 1.39. The minimum atomic E-state index is -1.19. The smallest absolute Gasteiger partial charge is 0.128 e. The molecule has 0 heterocycles. The molecule has 1 aromatic carbocycles. The van der Waals surface area contributed by atoms with Crippen LogP contribution in [-0.2, 0) is 5.41 Å². The van der Waals surface area contributed by atoms with E-state index in [0.29, 0.717) is 0 Å². The summed E-state index contributed by atoms with van der Waals surface area (Å²) >= 11 is 0. The molecule has 0 spiro atoms. The molecule has 1 atom stereocenters. The maximum absolute atomic E-state index is 13.4. The zero-order valence-electron chi connectivity index (χ0n) is 8.30. The minimum Gasteiger partial charge on any atom is -0.396 e. The van der Waals surface area contributed by atoms with Gasteiger partial charge in [-0.3, -0.25) is 0 Å². The Bertz CT molecular complexity index is 400. The molecule has 2 nitrogen and oxygen atoms in total. The molecular formula is C11H11F2NO. The van der Waals surface area contributed by atoms with Gasteiger partial charge in [-0.1, -0.05) is 0 Å². The van der Waals surface area contributed by atoms with Crippen LogP contribution >= 0.6 is 0 Å². The van der Waals surface area contributed by atoms with E-state index in [9.17, 15) is 8.78 Å². The Morgan fingerprint density at radius 1 is 1.47 bits per heavy atom. The van der Waals surface area contributed by atoms with Crippen LogP contribution in [0.4, 0.5) is 8.78 Å². The summed E-state index contributed by atoms with van der Waals surface area (Å²) in [6, 6.07) is 4.87. The van der Waals surface area contributed by atoms with Crippen molar-refractivity contribution in [3.8, 4) is 6.07 Å². The number of halogens is 2. The first-order chi connectivity index (χ1) is 7.03. The van der Waals surface area contributed by atoms with Crippen molar-refractivity contribution in [1.29, 1.82) is 5.26 Å². The fourth-order valence-corrected chi connectivity index (χ4v) is 1.39. The summed E-state index contributed by atoms with van der Waals surface area (Å²) in [5.74, 6) is -1.22. The van der Waals surface area contributed by atoms with Crippen LogP contribution in [0.1, 0.15) is 18.9 Å². The Hall–Kier alpha value is -1.47. The first-order valence-electron chi connectivity index (χ1n) is 4.51. The topological polar surface area (TPSA) is 44.0 Å². The predicted molar refractivity (Wildman–Crippen MR) is 51.0 cm³/mol. The highest BCUT2D eigenvalue weighted by molar-refractivity contribution is 5.33. The summed E-state index contributed by atoms with van der Waals surface area (Å²) in [6.07, 6.45) is 0.0733. The summed E-state index contributed by atoms with van der Waals surface area (Å²) in [5, 5.41) is 17.7. The average Bonchev–Trinajstić information content (AvgIpc) is 2.22.